The molecule has 0 aliphatic rings. The number of aliphatic hydroxyl groups is 1. The lowest BCUT2D eigenvalue weighted by Gasteiger charge is -2.16. The van der Waals surface area contributed by atoms with Crippen molar-refractivity contribution in [2.75, 3.05) is 38.0 Å². The fourth-order valence-electron chi connectivity index (χ4n) is 2.70. The van der Waals surface area contributed by atoms with Gasteiger partial charge in [-0.15, -0.1) is 0 Å². The Kier molecular flexibility index (Phi) is 6.59. The molecule has 0 spiro atoms. The summed E-state index contributed by atoms with van der Waals surface area (Å²) in [6, 6.07) is 11.1. The van der Waals surface area contributed by atoms with E-state index in [1.807, 2.05) is 24.3 Å². The van der Waals surface area contributed by atoms with Crippen molar-refractivity contribution in [2.24, 2.45) is 0 Å². The van der Waals surface area contributed by atoms with Crippen molar-refractivity contribution >= 4 is 17.3 Å². The van der Waals surface area contributed by atoms with Crippen molar-refractivity contribution in [3.05, 3.63) is 60.7 Å². The van der Waals surface area contributed by atoms with Crippen molar-refractivity contribution in [2.45, 2.75) is 5.92 Å². The average Bonchev–Trinajstić information content (AvgIpc) is 2.75. The largest absolute Gasteiger partial charge is 0.497 e. The summed E-state index contributed by atoms with van der Waals surface area (Å²) < 4.78 is 10.6. The maximum atomic E-state index is 9.67. The Morgan fingerprint density at radius 2 is 1.93 bits per heavy atom. The Labute approximate surface area is 163 Å². The van der Waals surface area contributed by atoms with Crippen LogP contribution in [0.2, 0.25) is 0 Å². The molecule has 1 unspecified atom stereocenters. The van der Waals surface area contributed by atoms with E-state index < -0.39 is 0 Å². The molecule has 1 aromatic carbocycles. The van der Waals surface area contributed by atoms with Crippen LogP contribution in [0.4, 0.5) is 17.3 Å². The smallest absolute Gasteiger partial charge is 0.146 e. The Balaban J connectivity index is 1.69. The Morgan fingerprint density at radius 3 is 2.64 bits per heavy atom. The number of anilines is 3. The molecule has 3 rings (SSSR count). The SMILES string of the molecule is COc1ccc(Nc2cc(NCC(CO)c3cccnc3)ncn2)c(OC)c1. The van der Waals surface area contributed by atoms with E-state index in [1.165, 1.54) is 6.33 Å². The number of benzene rings is 1. The quantitative estimate of drug-likeness (QED) is 0.520. The van der Waals surface area contributed by atoms with E-state index >= 15 is 0 Å². The molecule has 0 saturated heterocycles. The number of rotatable bonds is 9. The highest BCUT2D eigenvalue weighted by Gasteiger charge is 2.11. The predicted octanol–water partition coefficient (Wildman–Crippen LogP) is 2.82. The summed E-state index contributed by atoms with van der Waals surface area (Å²) in [5.41, 5.74) is 1.73. The summed E-state index contributed by atoms with van der Waals surface area (Å²) in [6.45, 7) is 0.530. The fraction of sp³-hybridized carbons (Fsp3) is 0.250. The maximum absolute atomic E-state index is 9.67. The van der Waals surface area contributed by atoms with Gasteiger partial charge in [-0.2, -0.15) is 0 Å². The summed E-state index contributed by atoms with van der Waals surface area (Å²) in [6.07, 6.45) is 4.94. The number of hydrogen-bond donors (Lipinski definition) is 3. The van der Waals surface area contributed by atoms with Crippen LogP contribution in [0.25, 0.3) is 0 Å². The van der Waals surface area contributed by atoms with Gasteiger partial charge in [-0.1, -0.05) is 6.07 Å². The normalized spacial score (nSPS) is 11.5. The van der Waals surface area contributed by atoms with Crippen molar-refractivity contribution < 1.29 is 14.6 Å². The zero-order valence-corrected chi connectivity index (χ0v) is 15.8. The second-order valence-electron chi connectivity index (χ2n) is 6.03. The standard InChI is InChI=1S/C20H23N5O3/c1-27-16-5-6-17(18(8-16)28-2)25-20-9-19(23-13-24-20)22-11-15(12-26)14-4-3-7-21-10-14/h3-10,13,15,26H,11-12H2,1-2H3,(H2,22,23,24,25). The summed E-state index contributed by atoms with van der Waals surface area (Å²) in [5, 5.41) is 16.1. The maximum Gasteiger partial charge on any atom is 0.146 e. The molecule has 146 valence electrons. The van der Waals surface area contributed by atoms with Crippen molar-refractivity contribution in [3.8, 4) is 11.5 Å². The molecule has 0 aliphatic carbocycles. The molecule has 0 saturated carbocycles. The summed E-state index contributed by atoms with van der Waals surface area (Å²) in [4.78, 5) is 12.6. The molecular formula is C20H23N5O3. The number of nitrogens with one attached hydrogen (secondary N) is 2. The van der Waals surface area contributed by atoms with E-state index in [2.05, 4.69) is 25.6 Å². The first-order chi connectivity index (χ1) is 13.7. The molecule has 2 aromatic heterocycles. The molecular weight excluding hydrogens is 358 g/mol. The minimum Gasteiger partial charge on any atom is -0.497 e. The molecule has 2 heterocycles. The van der Waals surface area contributed by atoms with Gasteiger partial charge in [0.2, 0.25) is 0 Å². The van der Waals surface area contributed by atoms with Gasteiger partial charge in [0.25, 0.3) is 0 Å². The topological polar surface area (TPSA) is 101 Å². The number of pyridine rings is 1. The lowest BCUT2D eigenvalue weighted by Crippen LogP contribution is -2.17. The van der Waals surface area contributed by atoms with Crippen LogP contribution in [-0.4, -0.2) is 47.4 Å². The summed E-state index contributed by atoms with van der Waals surface area (Å²) >= 11 is 0. The number of ether oxygens (including phenoxy) is 2. The van der Waals surface area contributed by atoms with E-state index in [4.69, 9.17) is 9.47 Å². The molecule has 0 aliphatic heterocycles. The highest BCUT2D eigenvalue weighted by molar-refractivity contribution is 5.66. The van der Waals surface area contributed by atoms with Crippen LogP contribution in [0.15, 0.2) is 55.1 Å². The Hall–Kier alpha value is -3.39. The number of hydrogen-bond acceptors (Lipinski definition) is 8. The minimum absolute atomic E-state index is 0.0118. The monoisotopic (exact) mass is 381 g/mol. The van der Waals surface area contributed by atoms with E-state index in [9.17, 15) is 5.11 Å². The molecule has 3 aromatic rings. The van der Waals surface area contributed by atoms with Crippen LogP contribution in [0, 0.1) is 0 Å². The molecule has 8 heteroatoms. The highest BCUT2D eigenvalue weighted by Crippen LogP contribution is 2.31. The van der Waals surface area contributed by atoms with Crippen molar-refractivity contribution in [1.82, 2.24) is 15.0 Å². The number of methoxy groups -OCH3 is 2. The summed E-state index contributed by atoms with van der Waals surface area (Å²) in [5.74, 6) is 2.53. The first-order valence-electron chi connectivity index (χ1n) is 8.79. The highest BCUT2D eigenvalue weighted by atomic mass is 16.5. The molecule has 0 amide bonds. The third-order valence-corrected chi connectivity index (χ3v) is 4.24. The van der Waals surface area contributed by atoms with Gasteiger partial charge in [0.15, 0.2) is 0 Å². The molecule has 1 atom stereocenters. The van der Waals surface area contributed by atoms with Crippen LogP contribution in [-0.2, 0) is 0 Å². The first-order valence-corrected chi connectivity index (χ1v) is 8.79. The van der Waals surface area contributed by atoms with E-state index in [0.717, 1.165) is 11.3 Å². The van der Waals surface area contributed by atoms with Crippen molar-refractivity contribution in [3.63, 3.8) is 0 Å². The molecule has 0 bridgehead atoms. The van der Waals surface area contributed by atoms with Gasteiger partial charge < -0.3 is 25.2 Å². The predicted molar refractivity (Wildman–Crippen MR) is 107 cm³/mol. The second kappa shape index (κ2) is 9.52. The van der Waals surface area contributed by atoms with Gasteiger partial charge in [0.1, 0.15) is 29.5 Å². The third-order valence-electron chi connectivity index (χ3n) is 4.24. The van der Waals surface area contributed by atoms with Crippen LogP contribution in [0.3, 0.4) is 0 Å². The van der Waals surface area contributed by atoms with Gasteiger partial charge >= 0.3 is 0 Å². The number of aliphatic hydroxyl groups excluding tert-OH is 1. The lowest BCUT2D eigenvalue weighted by atomic mass is 10.0. The minimum atomic E-state index is -0.0817. The molecule has 3 N–H and O–H groups in total. The van der Waals surface area contributed by atoms with Crippen LogP contribution in [0.5, 0.6) is 11.5 Å². The van der Waals surface area contributed by atoms with Crippen molar-refractivity contribution in [1.29, 1.82) is 0 Å². The van der Waals surface area contributed by atoms with Crippen LogP contribution in [0.1, 0.15) is 11.5 Å². The molecule has 8 nitrogen and oxygen atoms in total. The number of nitrogens with zero attached hydrogens (tertiary/aromatic N) is 3. The van der Waals surface area contributed by atoms with E-state index in [-0.39, 0.29) is 12.5 Å². The molecule has 28 heavy (non-hydrogen) atoms. The second-order valence-corrected chi connectivity index (χ2v) is 6.03. The third kappa shape index (κ3) is 4.86. The average molecular weight is 381 g/mol. The van der Waals surface area contributed by atoms with E-state index in [1.54, 1.807) is 38.7 Å². The zero-order valence-electron chi connectivity index (χ0n) is 15.8. The van der Waals surface area contributed by atoms with Crippen LogP contribution >= 0.6 is 0 Å². The van der Waals surface area contributed by atoms with Gasteiger partial charge in [0, 0.05) is 37.0 Å². The molecule has 0 fully saturated rings. The number of aromatic nitrogens is 3. The van der Waals surface area contributed by atoms with Gasteiger partial charge in [-0.25, -0.2) is 9.97 Å². The Morgan fingerprint density at radius 1 is 1.07 bits per heavy atom. The lowest BCUT2D eigenvalue weighted by molar-refractivity contribution is 0.269. The zero-order chi connectivity index (χ0) is 19.8. The van der Waals surface area contributed by atoms with Gasteiger partial charge in [-0.3, -0.25) is 4.98 Å². The van der Waals surface area contributed by atoms with E-state index in [0.29, 0.717) is 29.7 Å². The fourth-order valence-corrected chi connectivity index (χ4v) is 2.70. The Bertz CT molecular complexity index is 892. The summed E-state index contributed by atoms with van der Waals surface area (Å²) in [7, 11) is 3.20. The molecule has 0 radical (unpaired) electrons. The van der Waals surface area contributed by atoms with Gasteiger partial charge in [-0.05, 0) is 23.8 Å². The first kappa shape index (κ1) is 19.4. The van der Waals surface area contributed by atoms with Gasteiger partial charge in [0.05, 0.1) is 26.5 Å². The van der Waals surface area contributed by atoms with Crippen LogP contribution < -0.4 is 20.1 Å².